The minimum absolute atomic E-state index is 0.0551. The molecule has 20 heavy (non-hydrogen) atoms. The molecule has 1 aromatic rings. The van der Waals surface area contributed by atoms with Gasteiger partial charge in [0.15, 0.2) is 0 Å². The van der Waals surface area contributed by atoms with Gasteiger partial charge in [-0.1, -0.05) is 0 Å². The maximum Gasteiger partial charge on any atom is 0.417 e. The summed E-state index contributed by atoms with van der Waals surface area (Å²) >= 11 is 0. The van der Waals surface area contributed by atoms with E-state index in [9.17, 15) is 18.0 Å². The summed E-state index contributed by atoms with van der Waals surface area (Å²) in [6.07, 6.45) is -2.00. The molecular weight excluding hydrogens is 273 g/mol. The number of carbonyl (C=O) groups excluding carboxylic acids is 1. The maximum absolute atomic E-state index is 12.4. The van der Waals surface area contributed by atoms with Gasteiger partial charge in [0, 0.05) is 25.3 Å². The van der Waals surface area contributed by atoms with E-state index < -0.39 is 17.8 Å². The predicted molar refractivity (Wildman–Crippen MR) is 67.0 cm³/mol. The number of nitrogens with two attached hydrogens (primary N) is 1. The summed E-state index contributed by atoms with van der Waals surface area (Å²) < 4.78 is 37.2. The second-order valence-corrected chi connectivity index (χ2v) is 4.70. The van der Waals surface area contributed by atoms with Crippen LogP contribution in [0.2, 0.25) is 0 Å². The number of urea groups is 1. The Morgan fingerprint density at radius 3 is 2.75 bits per heavy atom. The second kappa shape index (κ2) is 5.56. The van der Waals surface area contributed by atoms with Gasteiger partial charge in [-0.3, -0.25) is 0 Å². The molecular formula is C12H15F3N4O. The van der Waals surface area contributed by atoms with Crippen molar-refractivity contribution in [2.24, 2.45) is 5.73 Å². The van der Waals surface area contributed by atoms with Crippen LogP contribution in [0, 0.1) is 0 Å². The van der Waals surface area contributed by atoms with Gasteiger partial charge in [-0.2, -0.15) is 13.2 Å². The molecule has 1 atom stereocenters. The zero-order chi connectivity index (χ0) is 14.8. The Balaban J connectivity index is 1.98. The minimum Gasteiger partial charge on any atom is -0.366 e. The first-order chi connectivity index (χ1) is 9.36. The molecule has 1 fully saturated rings. The highest BCUT2D eigenvalue weighted by atomic mass is 19.4. The number of nitrogens with one attached hydrogen (secondary N) is 1. The van der Waals surface area contributed by atoms with Gasteiger partial charge in [0.1, 0.15) is 5.82 Å². The number of aromatic nitrogens is 1. The van der Waals surface area contributed by atoms with Gasteiger partial charge >= 0.3 is 12.2 Å². The molecule has 0 unspecified atom stereocenters. The molecule has 1 aromatic heterocycles. The molecule has 2 heterocycles. The highest BCUT2D eigenvalue weighted by Gasteiger charge is 2.30. The van der Waals surface area contributed by atoms with Gasteiger partial charge in [0.2, 0.25) is 0 Å². The SMILES string of the molecule is NC(=O)N1CCC[C@@H](Nc2ccc(C(F)(F)F)cn2)C1. The van der Waals surface area contributed by atoms with Crippen molar-refractivity contribution in [2.75, 3.05) is 18.4 Å². The maximum atomic E-state index is 12.4. The second-order valence-electron chi connectivity index (χ2n) is 4.70. The quantitative estimate of drug-likeness (QED) is 0.875. The molecule has 2 rings (SSSR count). The molecule has 8 heteroatoms. The van der Waals surface area contributed by atoms with Gasteiger partial charge in [-0.15, -0.1) is 0 Å². The number of alkyl halides is 3. The standard InChI is InChI=1S/C12H15F3N4O/c13-12(14,15)8-3-4-10(17-6-8)18-9-2-1-5-19(7-9)11(16)20/h3-4,6,9H,1-2,5,7H2,(H2,16,20)(H,17,18)/t9-/m1/s1. The Labute approximate surface area is 114 Å². The number of likely N-dealkylation sites (tertiary alicyclic amines) is 1. The molecule has 0 spiro atoms. The van der Waals surface area contributed by atoms with Crippen molar-refractivity contribution >= 4 is 11.8 Å². The Bertz CT molecular complexity index is 475. The van der Waals surface area contributed by atoms with Crippen molar-refractivity contribution in [1.29, 1.82) is 0 Å². The number of halogens is 3. The molecule has 0 aromatic carbocycles. The topological polar surface area (TPSA) is 71.2 Å². The molecule has 0 bridgehead atoms. The van der Waals surface area contributed by atoms with E-state index in [1.165, 1.54) is 11.0 Å². The Hall–Kier alpha value is -1.99. The van der Waals surface area contributed by atoms with E-state index in [2.05, 4.69) is 10.3 Å². The number of pyridine rings is 1. The third kappa shape index (κ3) is 3.52. The molecule has 1 aliphatic heterocycles. The molecule has 3 N–H and O–H groups in total. The van der Waals surface area contributed by atoms with Crippen molar-refractivity contribution in [3.05, 3.63) is 23.9 Å². The monoisotopic (exact) mass is 288 g/mol. The summed E-state index contributed by atoms with van der Waals surface area (Å²) in [5, 5.41) is 3.02. The number of rotatable bonds is 2. The van der Waals surface area contributed by atoms with Gasteiger partial charge in [0.25, 0.3) is 0 Å². The number of piperidine rings is 1. The molecule has 110 valence electrons. The molecule has 1 aliphatic rings. The highest BCUT2D eigenvalue weighted by Crippen LogP contribution is 2.29. The minimum atomic E-state index is -4.39. The first-order valence-corrected chi connectivity index (χ1v) is 6.20. The van der Waals surface area contributed by atoms with Crippen LogP contribution in [0.15, 0.2) is 18.3 Å². The summed E-state index contributed by atoms with van der Waals surface area (Å²) in [5.41, 5.74) is 4.42. The smallest absolute Gasteiger partial charge is 0.366 e. The van der Waals surface area contributed by atoms with Gasteiger partial charge in [-0.05, 0) is 25.0 Å². The number of primary amides is 1. The van der Waals surface area contributed by atoms with E-state index in [0.29, 0.717) is 18.9 Å². The predicted octanol–water partition coefficient (Wildman–Crippen LogP) is 2.06. The molecule has 0 saturated carbocycles. The van der Waals surface area contributed by atoms with Crippen molar-refractivity contribution in [3.63, 3.8) is 0 Å². The van der Waals surface area contributed by atoms with E-state index in [1.807, 2.05) is 0 Å². The Kier molecular flexibility index (Phi) is 4.01. The number of hydrogen-bond donors (Lipinski definition) is 2. The van der Waals surface area contributed by atoms with E-state index in [4.69, 9.17) is 5.73 Å². The Morgan fingerprint density at radius 1 is 1.45 bits per heavy atom. The zero-order valence-corrected chi connectivity index (χ0v) is 10.7. The average molecular weight is 288 g/mol. The van der Waals surface area contributed by atoms with Crippen molar-refractivity contribution < 1.29 is 18.0 Å². The number of amides is 2. The van der Waals surface area contributed by atoms with E-state index in [-0.39, 0.29) is 6.04 Å². The average Bonchev–Trinajstić information content (AvgIpc) is 2.38. The van der Waals surface area contributed by atoms with Crippen molar-refractivity contribution in [1.82, 2.24) is 9.88 Å². The lowest BCUT2D eigenvalue weighted by Gasteiger charge is -2.32. The van der Waals surface area contributed by atoms with Gasteiger partial charge in [-0.25, -0.2) is 9.78 Å². The number of nitrogens with zero attached hydrogens (tertiary/aromatic N) is 2. The van der Waals surface area contributed by atoms with Crippen LogP contribution in [0.5, 0.6) is 0 Å². The summed E-state index contributed by atoms with van der Waals surface area (Å²) in [5.74, 6) is 0.356. The molecule has 1 saturated heterocycles. The van der Waals surface area contributed by atoms with Crippen molar-refractivity contribution in [2.45, 2.75) is 25.1 Å². The zero-order valence-electron chi connectivity index (χ0n) is 10.7. The molecule has 5 nitrogen and oxygen atoms in total. The summed E-state index contributed by atoms with van der Waals surface area (Å²) in [6, 6.07) is 1.72. The third-order valence-corrected chi connectivity index (χ3v) is 3.18. The number of anilines is 1. The third-order valence-electron chi connectivity index (χ3n) is 3.18. The van der Waals surface area contributed by atoms with E-state index in [1.54, 1.807) is 0 Å². The van der Waals surface area contributed by atoms with Crippen LogP contribution in [0.3, 0.4) is 0 Å². The normalized spacial score (nSPS) is 19.8. The lowest BCUT2D eigenvalue weighted by atomic mass is 10.1. The van der Waals surface area contributed by atoms with Crippen LogP contribution in [0.1, 0.15) is 18.4 Å². The largest absolute Gasteiger partial charge is 0.417 e. The van der Waals surface area contributed by atoms with E-state index in [0.717, 1.165) is 25.1 Å². The fourth-order valence-corrected chi connectivity index (χ4v) is 2.15. The lowest BCUT2D eigenvalue weighted by molar-refractivity contribution is -0.137. The van der Waals surface area contributed by atoms with Crippen LogP contribution in [0.4, 0.5) is 23.8 Å². The van der Waals surface area contributed by atoms with Crippen LogP contribution in [0.25, 0.3) is 0 Å². The van der Waals surface area contributed by atoms with Crippen LogP contribution < -0.4 is 11.1 Å². The van der Waals surface area contributed by atoms with Crippen LogP contribution >= 0.6 is 0 Å². The number of carbonyl (C=O) groups is 1. The van der Waals surface area contributed by atoms with Crippen LogP contribution in [-0.4, -0.2) is 35.0 Å². The highest BCUT2D eigenvalue weighted by molar-refractivity contribution is 5.72. The first kappa shape index (κ1) is 14.4. The van der Waals surface area contributed by atoms with Crippen LogP contribution in [-0.2, 0) is 6.18 Å². The first-order valence-electron chi connectivity index (χ1n) is 6.20. The van der Waals surface area contributed by atoms with Gasteiger partial charge < -0.3 is 16.0 Å². The molecule has 0 radical (unpaired) electrons. The van der Waals surface area contributed by atoms with E-state index >= 15 is 0 Å². The summed E-state index contributed by atoms with van der Waals surface area (Å²) in [6.45, 7) is 1.03. The van der Waals surface area contributed by atoms with Gasteiger partial charge in [0.05, 0.1) is 5.56 Å². The Morgan fingerprint density at radius 2 is 2.20 bits per heavy atom. The summed E-state index contributed by atoms with van der Waals surface area (Å²) in [4.78, 5) is 16.3. The fourth-order valence-electron chi connectivity index (χ4n) is 2.15. The molecule has 0 aliphatic carbocycles. The number of hydrogen-bond acceptors (Lipinski definition) is 3. The molecule has 2 amide bonds. The fraction of sp³-hybridized carbons (Fsp3) is 0.500. The lowest BCUT2D eigenvalue weighted by Crippen LogP contribution is -2.47. The summed E-state index contributed by atoms with van der Waals surface area (Å²) in [7, 11) is 0. The van der Waals surface area contributed by atoms with Crippen molar-refractivity contribution in [3.8, 4) is 0 Å².